The Morgan fingerprint density at radius 1 is 0.621 bits per heavy atom. The zero-order valence-electron chi connectivity index (χ0n) is 32.5. The molecular formula is C55H41N3. The molecule has 0 amide bonds. The third-order valence-corrected chi connectivity index (χ3v) is 12.1. The van der Waals surface area contributed by atoms with Crippen LogP contribution in [0.4, 0.5) is 0 Å². The van der Waals surface area contributed by atoms with Crippen molar-refractivity contribution in [2.75, 3.05) is 0 Å². The largest absolute Gasteiger partial charge is 0.309 e. The van der Waals surface area contributed by atoms with Crippen LogP contribution >= 0.6 is 0 Å². The van der Waals surface area contributed by atoms with Gasteiger partial charge >= 0.3 is 0 Å². The quantitative estimate of drug-likeness (QED) is 0.115. The van der Waals surface area contributed by atoms with E-state index in [4.69, 9.17) is 4.99 Å². The number of hydrogen-bond donors (Lipinski definition) is 0. The molecule has 276 valence electrons. The van der Waals surface area contributed by atoms with E-state index >= 15 is 0 Å². The molecule has 2 heterocycles. The summed E-state index contributed by atoms with van der Waals surface area (Å²) in [6.07, 6.45) is 11.9. The fourth-order valence-electron chi connectivity index (χ4n) is 9.40. The smallest absolute Gasteiger partial charge is 0.0718 e. The lowest BCUT2D eigenvalue weighted by Gasteiger charge is -2.16. The Bertz CT molecular complexity index is 3250. The highest BCUT2D eigenvalue weighted by Gasteiger charge is 2.28. The molecule has 9 aromatic rings. The summed E-state index contributed by atoms with van der Waals surface area (Å²) in [5.74, 6) is 0. The van der Waals surface area contributed by atoms with Gasteiger partial charge in [-0.3, -0.25) is 4.99 Å². The van der Waals surface area contributed by atoms with E-state index in [0.29, 0.717) is 0 Å². The lowest BCUT2D eigenvalue weighted by molar-refractivity contribution is 1.02. The first kappa shape index (κ1) is 34.1. The van der Waals surface area contributed by atoms with Crippen LogP contribution in [0.5, 0.6) is 0 Å². The van der Waals surface area contributed by atoms with E-state index < -0.39 is 0 Å². The Balaban J connectivity index is 1.24. The van der Waals surface area contributed by atoms with Gasteiger partial charge in [0.2, 0.25) is 0 Å². The minimum Gasteiger partial charge on any atom is -0.309 e. The fourth-order valence-corrected chi connectivity index (χ4v) is 9.40. The number of benzene rings is 7. The Labute approximate surface area is 338 Å². The minimum atomic E-state index is 0.865. The van der Waals surface area contributed by atoms with Gasteiger partial charge < -0.3 is 9.13 Å². The minimum absolute atomic E-state index is 0.865. The molecule has 2 aliphatic carbocycles. The summed E-state index contributed by atoms with van der Waals surface area (Å²) in [5.41, 5.74) is 18.6. The summed E-state index contributed by atoms with van der Waals surface area (Å²) >= 11 is 0. The first-order chi connectivity index (χ1) is 28.6. The normalized spacial score (nSPS) is 14.1. The molecule has 2 aliphatic rings. The van der Waals surface area contributed by atoms with Crippen molar-refractivity contribution in [1.82, 2.24) is 9.13 Å². The first-order valence-corrected chi connectivity index (χ1v) is 20.3. The molecule has 0 fully saturated rings. The van der Waals surface area contributed by atoms with E-state index in [1.807, 2.05) is 0 Å². The summed E-state index contributed by atoms with van der Waals surface area (Å²) < 4.78 is 4.92. The van der Waals surface area contributed by atoms with Crippen LogP contribution in [0.1, 0.15) is 42.0 Å². The maximum atomic E-state index is 5.53. The first-order valence-electron chi connectivity index (χ1n) is 20.3. The van der Waals surface area contributed by atoms with Crippen molar-refractivity contribution in [3.63, 3.8) is 0 Å². The number of rotatable bonds is 7. The van der Waals surface area contributed by atoms with E-state index in [1.54, 1.807) is 0 Å². The van der Waals surface area contributed by atoms with Gasteiger partial charge in [0.25, 0.3) is 0 Å². The van der Waals surface area contributed by atoms with Crippen LogP contribution in [-0.4, -0.2) is 14.8 Å². The van der Waals surface area contributed by atoms with E-state index in [2.05, 4.69) is 205 Å². The highest BCUT2D eigenvalue weighted by molar-refractivity contribution is 6.18. The summed E-state index contributed by atoms with van der Waals surface area (Å²) in [6, 6.07) is 57.3. The van der Waals surface area contributed by atoms with Crippen LogP contribution in [0.25, 0.3) is 71.8 Å². The number of hydrogen-bond acceptors (Lipinski definition) is 1. The summed E-state index contributed by atoms with van der Waals surface area (Å²) in [7, 11) is 0. The average molecular weight is 744 g/mol. The van der Waals surface area contributed by atoms with Crippen LogP contribution in [0.3, 0.4) is 0 Å². The standard InChI is InChI=1S/C55H41N3/c1-36(38-18-6-3-7-19-38)32-50(56-37(2)39-20-8-4-9-21-39)49-35-46-43-25-13-12-22-40(43)33-48(46)55-54(49)45-27-15-17-29-52(45)58(55)42-30-31-53-47(34-42)44-26-14-16-28-51(44)57(53)41-23-10-5-11-24-41/h4-6,8-32,34-35H,1,3,7,33H2,2H3/b50-32-,56-37?. The Morgan fingerprint density at radius 2 is 1.31 bits per heavy atom. The highest BCUT2D eigenvalue weighted by Crippen LogP contribution is 2.48. The predicted molar refractivity (Wildman–Crippen MR) is 246 cm³/mol. The van der Waals surface area contributed by atoms with Gasteiger partial charge in [0.1, 0.15) is 0 Å². The van der Waals surface area contributed by atoms with Crippen LogP contribution in [0.2, 0.25) is 0 Å². The van der Waals surface area contributed by atoms with Crippen molar-refractivity contribution in [3.8, 4) is 22.5 Å². The third-order valence-electron chi connectivity index (χ3n) is 12.1. The van der Waals surface area contributed by atoms with Crippen molar-refractivity contribution in [1.29, 1.82) is 0 Å². The molecule has 0 aliphatic heterocycles. The van der Waals surface area contributed by atoms with Gasteiger partial charge in [-0.25, -0.2) is 0 Å². The summed E-state index contributed by atoms with van der Waals surface area (Å²) in [6.45, 7) is 6.75. The maximum Gasteiger partial charge on any atom is 0.0718 e. The molecular weight excluding hydrogens is 703 g/mol. The van der Waals surface area contributed by atoms with Crippen molar-refractivity contribution in [2.24, 2.45) is 4.99 Å². The zero-order valence-corrected chi connectivity index (χ0v) is 32.5. The number of aromatic nitrogens is 2. The second-order valence-electron chi connectivity index (χ2n) is 15.5. The second-order valence-corrected chi connectivity index (χ2v) is 15.5. The molecule has 0 bridgehead atoms. The molecule has 0 radical (unpaired) electrons. The number of aliphatic imine (C=N–C) groups is 1. The van der Waals surface area contributed by atoms with Crippen LogP contribution in [0, 0.1) is 0 Å². The van der Waals surface area contributed by atoms with Gasteiger partial charge in [-0.2, -0.15) is 0 Å². The van der Waals surface area contributed by atoms with Gasteiger partial charge in [0.05, 0.1) is 27.8 Å². The number of para-hydroxylation sites is 3. The van der Waals surface area contributed by atoms with Crippen LogP contribution < -0.4 is 0 Å². The molecule has 3 nitrogen and oxygen atoms in total. The molecule has 7 aromatic carbocycles. The van der Waals surface area contributed by atoms with E-state index in [-0.39, 0.29) is 0 Å². The molecule has 11 rings (SSSR count). The fraction of sp³-hybridized carbons (Fsp3) is 0.0727. The molecule has 3 heteroatoms. The molecule has 0 unspecified atom stereocenters. The zero-order chi connectivity index (χ0) is 38.7. The molecule has 0 saturated heterocycles. The second kappa shape index (κ2) is 13.8. The van der Waals surface area contributed by atoms with Gasteiger partial charge in [-0.05, 0) is 113 Å². The van der Waals surface area contributed by atoms with Crippen molar-refractivity contribution in [3.05, 3.63) is 222 Å². The monoisotopic (exact) mass is 743 g/mol. The Morgan fingerprint density at radius 3 is 2.10 bits per heavy atom. The van der Waals surface area contributed by atoms with Crippen molar-refractivity contribution in [2.45, 2.75) is 26.2 Å². The number of allylic oxidation sites excluding steroid dienone is 6. The molecule has 58 heavy (non-hydrogen) atoms. The van der Waals surface area contributed by atoms with Crippen molar-refractivity contribution >= 4 is 55.0 Å². The van der Waals surface area contributed by atoms with E-state index in [1.165, 1.54) is 65.9 Å². The molecule has 0 spiro atoms. The van der Waals surface area contributed by atoms with Gasteiger partial charge in [0, 0.05) is 50.6 Å². The summed E-state index contributed by atoms with van der Waals surface area (Å²) in [4.78, 5) is 5.53. The SMILES string of the molecule is C=C(/C=C(\N=C(C)c1ccccc1)c1cc2c(c3c1c1ccccc1n3-c1ccc3c(c1)c1ccccc1n3-c1ccccc1)Cc1ccccc1-2)C1=CCCC=C1. The van der Waals surface area contributed by atoms with Gasteiger partial charge in [0.15, 0.2) is 0 Å². The maximum absolute atomic E-state index is 5.53. The molecule has 0 atom stereocenters. The van der Waals surface area contributed by atoms with Crippen molar-refractivity contribution < 1.29 is 0 Å². The van der Waals surface area contributed by atoms with Crippen LogP contribution in [-0.2, 0) is 6.42 Å². The Kier molecular flexibility index (Phi) is 8.08. The average Bonchev–Trinajstić information content (AvgIpc) is 3.94. The predicted octanol–water partition coefficient (Wildman–Crippen LogP) is 14.1. The molecule has 0 saturated carbocycles. The third kappa shape index (κ3) is 5.46. The van der Waals surface area contributed by atoms with E-state index in [0.717, 1.165) is 64.3 Å². The lowest BCUT2D eigenvalue weighted by atomic mass is 9.93. The Hall–Kier alpha value is -7.23. The highest BCUT2D eigenvalue weighted by atomic mass is 15.0. The van der Waals surface area contributed by atoms with E-state index in [9.17, 15) is 0 Å². The topological polar surface area (TPSA) is 22.2 Å². The summed E-state index contributed by atoms with van der Waals surface area (Å²) in [5, 5.41) is 4.89. The molecule has 0 N–H and O–H groups in total. The van der Waals surface area contributed by atoms with Gasteiger partial charge in [-0.15, -0.1) is 0 Å². The lowest BCUT2D eigenvalue weighted by Crippen LogP contribution is -2.00. The number of fused-ring (bicyclic) bond motifs is 10. The number of nitrogens with zero attached hydrogens (tertiary/aromatic N) is 3. The van der Waals surface area contributed by atoms with Crippen LogP contribution in [0.15, 0.2) is 205 Å². The van der Waals surface area contributed by atoms with Gasteiger partial charge in [-0.1, -0.05) is 134 Å². The molecule has 2 aromatic heterocycles.